The maximum absolute atomic E-state index is 12.7. The molecule has 1 amide bonds. The minimum atomic E-state index is 0. The number of benzene rings is 1. The fourth-order valence-corrected chi connectivity index (χ4v) is 4.06. The Morgan fingerprint density at radius 3 is 2.12 bits per heavy atom. The molecule has 1 saturated carbocycles. The number of piperazine rings is 1. The molecule has 2 fully saturated rings. The van der Waals surface area contributed by atoms with Gasteiger partial charge in [0.15, 0.2) is 0 Å². The summed E-state index contributed by atoms with van der Waals surface area (Å²) < 4.78 is 0. The topological polar surface area (TPSA) is 69.8 Å². The summed E-state index contributed by atoms with van der Waals surface area (Å²) in [5.74, 6) is 0.555. The van der Waals surface area contributed by atoms with Crippen molar-refractivity contribution in [3.63, 3.8) is 0 Å². The molecule has 1 aromatic carbocycles. The Bertz CT molecular complexity index is 554. The number of anilines is 1. The van der Waals surface area contributed by atoms with Crippen molar-refractivity contribution < 1.29 is 9.90 Å². The molecule has 0 atom stereocenters. The van der Waals surface area contributed by atoms with Gasteiger partial charge in [-0.25, -0.2) is 0 Å². The zero-order valence-corrected chi connectivity index (χ0v) is 16.9. The number of hydrogen-bond donors (Lipinski definition) is 2. The van der Waals surface area contributed by atoms with Crippen LogP contribution in [-0.4, -0.2) is 48.6 Å². The zero-order chi connectivity index (χ0) is 17.0. The SMILES string of the molecule is Cl.Cl.NCC1(CC(=O)N2CCN(c3ccc(O)cc3)CC2)CCCCC1. The summed E-state index contributed by atoms with van der Waals surface area (Å²) in [5.41, 5.74) is 7.17. The molecule has 1 heterocycles. The lowest BCUT2D eigenvalue weighted by Crippen LogP contribution is -2.50. The highest BCUT2D eigenvalue weighted by molar-refractivity contribution is 5.85. The Kier molecular flexibility index (Phi) is 9.01. The molecular formula is C19H31Cl2N3O2. The number of phenols is 1. The number of rotatable bonds is 4. The first-order valence-electron chi connectivity index (χ1n) is 9.14. The van der Waals surface area contributed by atoms with Crippen LogP contribution in [0.15, 0.2) is 24.3 Å². The van der Waals surface area contributed by atoms with Crippen LogP contribution in [0.4, 0.5) is 5.69 Å². The molecule has 26 heavy (non-hydrogen) atoms. The predicted octanol–water partition coefficient (Wildman–Crippen LogP) is 3.18. The molecule has 0 radical (unpaired) electrons. The molecule has 5 nitrogen and oxygen atoms in total. The van der Waals surface area contributed by atoms with Crippen LogP contribution < -0.4 is 10.6 Å². The number of nitrogens with two attached hydrogens (primary N) is 1. The largest absolute Gasteiger partial charge is 0.508 e. The normalized spacial score (nSPS) is 19.3. The Morgan fingerprint density at radius 1 is 1.00 bits per heavy atom. The van der Waals surface area contributed by atoms with Gasteiger partial charge in [-0.3, -0.25) is 4.79 Å². The summed E-state index contributed by atoms with van der Waals surface area (Å²) >= 11 is 0. The Balaban J connectivity index is 0.00000169. The number of carbonyl (C=O) groups excluding carboxylic acids is 1. The molecule has 1 aromatic rings. The van der Waals surface area contributed by atoms with E-state index in [4.69, 9.17) is 5.73 Å². The molecule has 2 aliphatic rings. The third kappa shape index (κ3) is 5.41. The van der Waals surface area contributed by atoms with Gasteiger partial charge in [0.25, 0.3) is 0 Å². The van der Waals surface area contributed by atoms with Gasteiger partial charge in [-0.1, -0.05) is 19.3 Å². The van der Waals surface area contributed by atoms with Crippen LogP contribution in [0.2, 0.25) is 0 Å². The zero-order valence-electron chi connectivity index (χ0n) is 15.2. The second kappa shape index (κ2) is 10.2. The van der Waals surface area contributed by atoms with Crippen LogP contribution in [0.1, 0.15) is 38.5 Å². The molecule has 1 aliphatic heterocycles. The monoisotopic (exact) mass is 403 g/mol. The van der Waals surface area contributed by atoms with E-state index in [9.17, 15) is 9.90 Å². The Hall–Kier alpha value is -1.17. The standard InChI is InChI=1S/C19H29N3O2.2ClH/c20-15-19(8-2-1-3-9-19)14-18(24)22-12-10-21(11-13-22)16-4-6-17(23)7-5-16;;/h4-7,23H,1-3,8-15,20H2;2*1H. The molecule has 0 aromatic heterocycles. The molecule has 0 unspecified atom stereocenters. The van der Waals surface area contributed by atoms with E-state index in [1.54, 1.807) is 12.1 Å². The molecule has 7 heteroatoms. The van der Waals surface area contributed by atoms with Crippen molar-refractivity contribution in [3.8, 4) is 5.75 Å². The molecule has 0 spiro atoms. The summed E-state index contributed by atoms with van der Waals surface area (Å²) in [5, 5.41) is 9.39. The molecule has 0 bridgehead atoms. The van der Waals surface area contributed by atoms with Crippen molar-refractivity contribution in [2.45, 2.75) is 38.5 Å². The van der Waals surface area contributed by atoms with Crippen molar-refractivity contribution in [2.75, 3.05) is 37.6 Å². The van der Waals surface area contributed by atoms with E-state index in [2.05, 4.69) is 4.90 Å². The van der Waals surface area contributed by atoms with E-state index in [-0.39, 0.29) is 41.9 Å². The molecule has 3 rings (SSSR count). The average Bonchev–Trinajstić information content (AvgIpc) is 2.63. The number of halogens is 2. The Labute approximate surface area is 168 Å². The number of nitrogens with zero attached hydrogens (tertiary/aromatic N) is 2. The highest BCUT2D eigenvalue weighted by Gasteiger charge is 2.35. The highest BCUT2D eigenvalue weighted by atomic mass is 35.5. The van der Waals surface area contributed by atoms with Gasteiger partial charge in [-0.05, 0) is 49.1 Å². The lowest BCUT2D eigenvalue weighted by Gasteiger charge is -2.40. The van der Waals surface area contributed by atoms with Gasteiger partial charge in [0.1, 0.15) is 5.75 Å². The first kappa shape index (κ1) is 22.9. The number of aromatic hydroxyl groups is 1. The Morgan fingerprint density at radius 2 is 1.58 bits per heavy atom. The summed E-state index contributed by atoms with van der Waals surface area (Å²) in [6.07, 6.45) is 6.51. The van der Waals surface area contributed by atoms with E-state index in [1.165, 1.54) is 19.3 Å². The van der Waals surface area contributed by atoms with E-state index >= 15 is 0 Å². The number of hydrogen-bond acceptors (Lipinski definition) is 4. The van der Waals surface area contributed by atoms with Crippen LogP contribution in [0.3, 0.4) is 0 Å². The van der Waals surface area contributed by atoms with Gasteiger partial charge >= 0.3 is 0 Å². The smallest absolute Gasteiger partial charge is 0.223 e. The lowest BCUT2D eigenvalue weighted by atomic mass is 9.71. The second-order valence-corrected chi connectivity index (χ2v) is 7.33. The minimum Gasteiger partial charge on any atom is -0.508 e. The van der Waals surface area contributed by atoms with Gasteiger partial charge < -0.3 is 20.6 Å². The summed E-state index contributed by atoms with van der Waals surface area (Å²) in [7, 11) is 0. The van der Waals surface area contributed by atoms with Crippen molar-refractivity contribution in [3.05, 3.63) is 24.3 Å². The van der Waals surface area contributed by atoms with Gasteiger partial charge in [0.05, 0.1) is 0 Å². The summed E-state index contributed by atoms with van der Waals surface area (Å²) in [4.78, 5) is 17.0. The van der Waals surface area contributed by atoms with Crippen LogP contribution in [-0.2, 0) is 4.79 Å². The lowest BCUT2D eigenvalue weighted by molar-refractivity contribution is -0.134. The number of phenolic OH excluding ortho intramolecular Hbond substituents is 1. The van der Waals surface area contributed by atoms with Crippen molar-refractivity contribution in [2.24, 2.45) is 11.1 Å². The van der Waals surface area contributed by atoms with Gasteiger partial charge in [0, 0.05) is 38.3 Å². The summed E-state index contributed by atoms with van der Waals surface area (Å²) in [6, 6.07) is 7.28. The van der Waals surface area contributed by atoms with Gasteiger partial charge in [-0.2, -0.15) is 0 Å². The third-order valence-corrected chi connectivity index (χ3v) is 5.72. The summed E-state index contributed by atoms with van der Waals surface area (Å²) in [6.45, 7) is 3.84. The fourth-order valence-electron chi connectivity index (χ4n) is 4.06. The van der Waals surface area contributed by atoms with E-state index in [0.717, 1.165) is 44.7 Å². The van der Waals surface area contributed by atoms with Crippen LogP contribution in [0, 0.1) is 5.41 Å². The quantitative estimate of drug-likeness (QED) is 0.809. The second-order valence-electron chi connectivity index (χ2n) is 7.33. The predicted molar refractivity (Wildman–Crippen MR) is 111 cm³/mol. The first-order chi connectivity index (χ1) is 11.6. The van der Waals surface area contributed by atoms with Crippen molar-refractivity contribution in [1.82, 2.24) is 4.90 Å². The van der Waals surface area contributed by atoms with Crippen LogP contribution >= 0.6 is 24.8 Å². The van der Waals surface area contributed by atoms with Crippen LogP contribution in [0.5, 0.6) is 5.75 Å². The number of carbonyl (C=O) groups is 1. The maximum atomic E-state index is 12.7. The van der Waals surface area contributed by atoms with Crippen molar-refractivity contribution in [1.29, 1.82) is 0 Å². The molecule has 148 valence electrons. The van der Waals surface area contributed by atoms with Crippen molar-refractivity contribution >= 4 is 36.4 Å². The minimum absolute atomic E-state index is 0. The molecule has 3 N–H and O–H groups in total. The molecule has 1 aliphatic carbocycles. The van der Waals surface area contributed by atoms with E-state index < -0.39 is 0 Å². The third-order valence-electron chi connectivity index (χ3n) is 5.72. The van der Waals surface area contributed by atoms with Gasteiger partial charge in [-0.15, -0.1) is 24.8 Å². The molecule has 1 saturated heterocycles. The van der Waals surface area contributed by atoms with Gasteiger partial charge in [0.2, 0.25) is 5.91 Å². The maximum Gasteiger partial charge on any atom is 0.223 e. The first-order valence-corrected chi connectivity index (χ1v) is 9.14. The van der Waals surface area contributed by atoms with Crippen LogP contribution in [0.25, 0.3) is 0 Å². The highest BCUT2D eigenvalue weighted by Crippen LogP contribution is 2.38. The number of amides is 1. The van der Waals surface area contributed by atoms with E-state index in [1.807, 2.05) is 17.0 Å². The van der Waals surface area contributed by atoms with E-state index in [0.29, 0.717) is 13.0 Å². The fraction of sp³-hybridized carbons (Fsp3) is 0.632. The molecular weight excluding hydrogens is 373 g/mol. The average molecular weight is 404 g/mol.